The normalized spacial score (nSPS) is 14.5. The van der Waals surface area contributed by atoms with E-state index in [0.717, 1.165) is 17.0 Å². The van der Waals surface area contributed by atoms with Crippen LogP contribution in [0.3, 0.4) is 0 Å². The Morgan fingerprint density at radius 3 is 2.46 bits per heavy atom. The van der Waals surface area contributed by atoms with Crippen LogP contribution in [0.25, 0.3) is 6.08 Å². The summed E-state index contributed by atoms with van der Waals surface area (Å²) >= 11 is 0. The fourth-order valence-electron chi connectivity index (χ4n) is 3.57. The molecule has 0 spiro atoms. The van der Waals surface area contributed by atoms with Gasteiger partial charge in [-0.15, -0.1) is 0 Å². The number of benzene rings is 3. The Labute approximate surface area is 210 Å². The quantitative estimate of drug-likeness (QED) is 0.208. The molecule has 0 aromatic heterocycles. The Balaban J connectivity index is 1.59. The number of nitrogens with zero attached hydrogens (tertiary/aromatic N) is 2. The summed E-state index contributed by atoms with van der Waals surface area (Å²) in [5.74, 6) is -1.63. The average Bonchev–Trinajstić information content (AvgIpc) is 2.87. The van der Waals surface area contributed by atoms with Crippen molar-refractivity contribution in [3.63, 3.8) is 0 Å². The Kier molecular flexibility index (Phi) is 7.23. The second kappa shape index (κ2) is 10.7. The fraction of sp³-hybridized carbons (Fsp3) is 0.115. The lowest BCUT2D eigenvalue weighted by atomic mass is 10.1. The van der Waals surface area contributed by atoms with Gasteiger partial charge in [0.05, 0.1) is 17.2 Å². The van der Waals surface area contributed by atoms with E-state index < -0.39 is 28.6 Å². The van der Waals surface area contributed by atoms with Crippen LogP contribution in [0, 0.1) is 15.9 Å². The summed E-state index contributed by atoms with van der Waals surface area (Å²) in [7, 11) is 0. The molecule has 1 heterocycles. The van der Waals surface area contributed by atoms with Crippen molar-refractivity contribution in [1.82, 2.24) is 5.32 Å². The summed E-state index contributed by atoms with van der Waals surface area (Å²) < 4.78 is 24.7. The summed E-state index contributed by atoms with van der Waals surface area (Å²) in [4.78, 5) is 49.0. The number of carbonyl (C=O) groups is 3. The Bertz CT molecular complexity index is 1420. The fourth-order valence-corrected chi connectivity index (χ4v) is 3.57. The van der Waals surface area contributed by atoms with Gasteiger partial charge in [0.2, 0.25) is 0 Å². The second-order valence-corrected chi connectivity index (χ2v) is 7.79. The number of halogens is 1. The molecule has 3 aromatic carbocycles. The number of urea groups is 1. The van der Waals surface area contributed by atoms with Gasteiger partial charge in [-0.25, -0.2) is 14.1 Å². The summed E-state index contributed by atoms with van der Waals surface area (Å²) in [6.45, 7) is 2.09. The van der Waals surface area contributed by atoms with Crippen LogP contribution in [-0.2, 0) is 16.2 Å². The lowest BCUT2D eigenvalue weighted by Gasteiger charge is -2.26. The molecule has 0 aliphatic carbocycles. The van der Waals surface area contributed by atoms with Crippen LogP contribution in [0.1, 0.15) is 18.1 Å². The first kappa shape index (κ1) is 25.0. The number of imide groups is 2. The maximum atomic E-state index is 13.3. The topological polar surface area (TPSA) is 128 Å². The minimum atomic E-state index is -0.946. The van der Waals surface area contributed by atoms with Gasteiger partial charge in [-0.1, -0.05) is 18.2 Å². The van der Waals surface area contributed by atoms with E-state index in [1.54, 1.807) is 37.3 Å². The minimum absolute atomic E-state index is 0.0395. The molecule has 0 unspecified atom stereocenters. The number of nitrogens with one attached hydrogen (secondary N) is 1. The molecule has 10 nitrogen and oxygen atoms in total. The van der Waals surface area contributed by atoms with Crippen molar-refractivity contribution in [2.24, 2.45) is 0 Å². The zero-order valence-electron chi connectivity index (χ0n) is 19.5. The highest BCUT2D eigenvalue weighted by Crippen LogP contribution is 2.31. The third-order valence-corrected chi connectivity index (χ3v) is 5.28. The molecule has 1 N–H and O–H groups in total. The number of ether oxygens (including phenoxy) is 2. The predicted octanol–water partition coefficient (Wildman–Crippen LogP) is 4.38. The van der Waals surface area contributed by atoms with Gasteiger partial charge in [0.25, 0.3) is 17.5 Å². The average molecular weight is 505 g/mol. The number of carbonyl (C=O) groups excluding carboxylic acids is 3. The van der Waals surface area contributed by atoms with E-state index in [9.17, 15) is 28.9 Å². The van der Waals surface area contributed by atoms with E-state index in [1.807, 2.05) is 0 Å². The lowest BCUT2D eigenvalue weighted by Crippen LogP contribution is -2.54. The summed E-state index contributed by atoms with van der Waals surface area (Å²) in [6.07, 6.45) is 1.30. The number of hydrogen-bond acceptors (Lipinski definition) is 7. The molecule has 1 saturated heterocycles. The summed E-state index contributed by atoms with van der Waals surface area (Å²) in [5.41, 5.74) is 0.728. The molecule has 0 bridgehead atoms. The summed E-state index contributed by atoms with van der Waals surface area (Å²) in [6, 6.07) is 14.5. The first-order valence-corrected chi connectivity index (χ1v) is 11.1. The Morgan fingerprint density at radius 1 is 1.00 bits per heavy atom. The maximum Gasteiger partial charge on any atom is 0.335 e. The smallest absolute Gasteiger partial charge is 0.335 e. The van der Waals surface area contributed by atoms with Gasteiger partial charge in [0.1, 0.15) is 18.0 Å². The number of hydrogen-bond donors (Lipinski definition) is 1. The van der Waals surface area contributed by atoms with Gasteiger partial charge in [-0.2, -0.15) is 0 Å². The van der Waals surface area contributed by atoms with Crippen LogP contribution >= 0.6 is 0 Å². The first-order valence-electron chi connectivity index (χ1n) is 11.1. The van der Waals surface area contributed by atoms with Gasteiger partial charge < -0.3 is 9.47 Å². The molecule has 1 fully saturated rings. The third kappa shape index (κ3) is 5.61. The van der Waals surface area contributed by atoms with Crippen molar-refractivity contribution < 1.29 is 33.2 Å². The molecule has 0 saturated carbocycles. The SMILES string of the molecule is CCOc1cc(/C=C2\C(=O)NC(=O)N(c3ccc(F)cc3)C2=O)ccc1OCc1cccc([N+](=O)[O-])c1. The molecule has 1 aliphatic heterocycles. The molecule has 11 heteroatoms. The maximum absolute atomic E-state index is 13.3. The molecule has 188 valence electrons. The highest BCUT2D eigenvalue weighted by Gasteiger charge is 2.36. The zero-order valence-corrected chi connectivity index (χ0v) is 19.5. The molecule has 0 atom stereocenters. The van der Waals surface area contributed by atoms with Gasteiger partial charge in [-0.3, -0.25) is 25.0 Å². The van der Waals surface area contributed by atoms with Crippen molar-refractivity contribution in [3.05, 3.63) is 99.4 Å². The molecular formula is C26H20FN3O7. The van der Waals surface area contributed by atoms with E-state index >= 15 is 0 Å². The number of amides is 4. The monoisotopic (exact) mass is 505 g/mol. The van der Waals surface area contributed by atoms with Crippen molar-refractivity contribution in [3.8, 4) is 11.5 Å². The lowest BCUT2D eigenvalue weighted by molar-refractivity contribution is -0.384. The van der Waals surface area contributed by atoms with Crippen molar-refractivity contribution in [1.29, 1.82) is 0 Å². The molecule has 4 rings (SSSR count). The Morgan fingerprint density at radius 2 is 1.76 bits per heavy atom. The van der Waals surface area contributed by atoms with Crippen LogP contribution in [0.5, 0.6) is 11.5 Å². The third-order valence-electron chi connectivity index (χ3n) is 5.28. The van der Waals surface area contributed by atoms with E-state index in [-0.39, 0.29) is 23.6 Å². The van der Waals surface area contributed by atoms with Crippen LogP contribution < -0.4 is 19.7 Å². The zero-order chi connectivity index (χ0) is 26.5. The van der Waals surface area contributed by atoms with Crippen LogP contribution in [-0.4, -0.2) is 29.4 Å². The van der Waals surface area contributed by atoms with E-state index in [1.165, 1.54) is 30.3 Å². The van der Waals surface area contributed by atoms with E-state index in [4.69, 9.17) is 9.47 Å². The molecule has 37 heavy (non-hydrogen) atoms. The molecule has 4 amide bonds. The van der Waals surface area contributed by atoms with Crippen LogP contribution in [0.15, 0.2) is 72.3 Å². The Hall–Kier alpha value is -5.06. The number of rotatable bonds is 8. The highest BCUT2D eigenvalue weighted by molar-refractivity contribution is 6.39. The first-order chi connectivity index (χ1) is 17.8. The van der Waals surface area contributed by atoms with Crippen molar-refractivity contribution in [2.75, 3.05) is 11.5 Å². The van der Waals surface area contributed by atoms with Crippen LogP contribution in [0.2, 0.25) is 0 Å². The largest absolute Gasteiger partial charge is 0.490 e. The predicted molar refractivity (Wildman–Crippen MR) is 130 cm³/mol. The van der Waals surface area contributed by atoms with E-state index in [2.05, 4.69) is 5.32 Å². The second-order valence-electron chi connectivity index (χ2n) is 7.79. The molecule has 1 aliphatic rings. The van der Waals surface area contributed by atoms with Crippen molar-refractivity contribution in [2.45, 2.75) is 13.5 Å². The number of barbiturate groups is 1. The van der Waals surface area contributed by atoms with Gasteiger partial charge in [-0.05, 0) is 60.5 Å². The van der Waals surface area contributed by atoms with Gasteiger partial charge >= 0.3 is 6.03 Å². The standard InChI is InChI=1S/C26H20FN3O7/c1-2-36-23-14-16(6-11-22(23)37-15-17-4-3-5-20(12-17)30(34)35)13-21-24(31)28-26(33)29(25(21)32)19-9-7-18(27)8-10-19/h3-14H,2,15H2,1H3,(H,28,31,33)/b21-13+. The molecule has 3 aromatic rings. The van der Waals surface area contributed by atoms with Gasteiger partial charge in [0, 0.05) is 12.1 Å². The molecule has 0 radical (unpaired) electrons. The number of nitro groups is 1. The van der Waals surface area contributed by atoms with Crippen LogP contribution in [0.4, 0.5) is 20.6 Å². The van der Waals surface area contributed by atoms with Crippen molar-refractivity contribution >= 4 is 35.3 Å². The summed E-state index contributed by atoms with van der Waals surface area (Å²) in [5, 5.41) is 13.1. The molecular weight excluding hydrogens is 485 g/mol. The number of anilines is 1. The number of non-ortho nitro benzene ring substituents is 1. The van der Waals surface area contributed by atoms with Gasteiger partial charge in [0.15, 0.2) is 11.5 Å². The highest BCUT2D eigenvalue weighted by atomic mass is 19.1. The number of nitro benzene ring substituents is 1. The van der Waals surface area contributed by atoms with E-state index in [0.29, 0.717) is 29.2 Å². The minimum Gasteiger partial charge on any atom is -0.490 e.